The van der Waals surface area contributed by atoms with Gasteiger partial charge in [0, 0.05) is 0 Å². The number of ether oxygens (including phenoxy) is 2. The van der Waals surface area contributed by atoms with E-state index in [0.717, 1.165) is 12.6 Å². The van der Waals surface area contributed by atoms with Gasteiger partial charge < -0.3 is 9.47 Å². The highest BCUT2D eigenvalue weighted by Gasteiger charge is 2.02. The van der Waals surface area contributed by atoms with Gasteiger partial charge in [-0.3, -0.25) is 9.59 Å². The van der Waals surface area contributed by atoms with Crippen LogP contribution < -0.4 is 0 Å². The highest BCUT2D eigenvalue weighted by Crippen LogP contribution is 1.78. The first-order valence-electron chi connectivity index (χ1n) is 2.80. The number of carbonyl (C=O) groups excluding carboxylic acids is 4. The lowest BCUT2D eigenvalue weighted by atomic mass is 10.7. The van der Waals surface area contributed by atoms with E-state index < -0.39 is 11.9 Å². The van der Waals surface area contributed by atoms with Crippen LogP contribution >= 0.6 is 0 Å². The summed E-state index contributed by atoms with van der Waals surface area (Å²) in [5.41, 5.74) is 0. The molecule has 0 atom stereocenters. The topological polar surface area (TPSA) is 86.7 Å². The molecule has 0 fully saturated rings. The van der Waals surface area contributed by atoms with Gasteiger partial charge in [-0.05, 0) is 0 Å². The first-order valence-corrected chi connectivity index (χ1v) is 2.80. The Hall–Kier alpha value is -1.72. The summed E-state index contributed by atoms with van der Waals surface area (Å²) in [6.45, 7) is -0.580. The molecule has 0 saturated heterocycles. The van der Waals surface area contributed by atoms with Gasteiger partial charge in [0.25, 0.3) is 0 Å². The van der Waals surface area contributed by atoms with Crippen LogP contribution in [0, 0.1) is 0 Å². The average molecular weight is 172 g/mol. The van der Waals surface area contributed by atoms with Gasteiger partial charge in [0.2, 0.25) is 0 Å². The molecule has 0 aromatic rings. The van der Waals surface area contributed by atoms with E-state index in [0.29, 0.717) is 0 Å². The van der Waals surface area contributed by atoms with Crippen LogP contribution in [0.3, 0.4) is 0 Å². The number of hydrogen-bond donors (Lipinski definition) is 0. The summed E-state index contributed by atoms with van der Waals surface area (Å²) in [7, 11) is 0. The van der Waals surface area contributed by atoms with Crippen molar-refractivity contribution in [3.63, 3.8) is 0 Å². The molecule has 0 bridgehead atoms. The molecule has 0 N–H and O–H groups in total. The second-order valence-electron chi connectivity index (χ2n) is 1.48. The van der Waals surface area contributed by atoms with Crippen molar-refractivity contribution in [2.45, 2.75) is 0 Å². The number of carbonyl (C=O) groups is 2. The van der Waals surface area contributed by atoms with Crippen LogP contribution in [0.5, 0.6) is 0 Å². The second-order valence-corrected chi connectivity index (χ2v) is 1.48. The summed E-state index contributed by atoms with van der Waals surface area (Å²) in [5.74, 6) is -2.36. The van der Waals surface area contributed by atoms with Crippen molar-refractivity contribution in [2.24, 2.45) is 0 Å². The van der Waals surface area contributed by atoms with Gasteiger partial charge in [0.1, 0.15) is 13.2 Å². The number of esters is 2. The summed E-state index contributed by atoms with van der Waals surface area (Å²) in [4.78, 5) is 39.2. The molecule has 0 amide bonds. The van der Waals surface area contributed by atoms with Gasteiger partial charge in [-0.2, -0.15) is 0 Å². The third-order valence-corrected chi connectivity index (χ3v) is 0.716. The zero-order valence-corrected chi connectivity index (χ0v) is 5.86. The molecule has 12 heavy (non-hydrogen) atoms. The fraction of sp³-hybridized carbons (Fsp3) is 0.333. The van der Waals surface area contributed by atoms with Crippen molar-refractivity contribution in [3.05, 3.63) is 0 Å². The van der Waals surface area contributed by atoms with Gasteiger partial charge in [0.15, 0.2) is 0 Å². The fourth-order valence-corrected chi connectivity index (χ4v) is 0.328. The van der Waals surface area contributed by atoms with Crippen molar-refractivity contribution in [2.75, 3.05) is 13.2 Å². The van der Waals surface area contributed by atoms with Crippen LogP contribution in [0.15, 0.2) is 0 Å². The quantitative estimate of drug-likeness (QED) is 0.279. The highest BCUT2D eigenvalue weighted by atomic mass is 16.6. The summed E-state index contributed by atoms with van der Waals surface area (Å²) in [6.07, 6.45) is 1.88. The van der Waals surface area contributed by atoms with Crippen molar-refractivity contribution < 1.29 is 28.7 Å². The van der Waals surface area contributed by atoms with Crippen LogP contribution in [0.1, 0.15) is 0 Å². The Morgan fingerprint density at radius 1 is 0.917 bits per heavy atom. The van der Waals surface area contributed by atoms with E-state index >= 15 is 0 Å². The van der Waals surface area contributed by atoms with Crippen LogP contribution in [0.25, 0.3) is 0 Å². The largest absolute Gasteiger partial charge is 0.456 e. The van der Waals surface area contributed by atoms with E-state index in [-0.39, 0.29) is 13.2 Å². The summed E-state index contributed by atoms with van der Waals surface area (Å²) < 4.78 is 8.23. The normalized spacial score (nSPS) is 8.33. The van der Waals surface area contributed by atoms with Gasteiger partial charge in [0.05, 0.1) is 0 Å². The minimum Gasteiger partial charge on any atom is -0.456 e. The molecule has 0 aliphatic rings. The van der Waals surface area contributed by atoms with Gasteiger partial charge in [-0.1, -0.05) is 0 Å². The SMILES string of the molecule is O=[C]C(=O)OCCOC(=O)[C]=O. The highest BCUT2D eigenvalue weighted by molar-refractivity contribution is 6.21. The molecule has 6 nitrogen and oxygen atoms in total. The molecule has 0 unspecified atom stereocenters. The van der Waals surface area contributed by atoms with Gasteiger partial charge >= 0.3 is 24.5 Å². The van der Waals surface area contributed by atoms with Gasteiger partial charge in [-0.15, -0.1) is 0 Å². The Morgan fingerprint density at radius 2 is 1.25 bits per heavy atom. The molecule has 0 aliphatic carbocycles. The summed E-state index contributed by atoms with van der Waals surface area (Å²) >= 11 is 0. The summed E-state index contributed by atoms with van der Waals surface area (Å²) in [5, 5.41) is 0. The van der Waals surface area contributed by atoms with Crippen LogP contribution in [-0.2, 0) is 28.7 Å². The Labute approximate surface area is 67.4 Å². The van der Waals surface area contributed by atoms with Gasteiger partial charge in [-0.25, -0.2) is 9.59 Å². The molecule has 0 aliphatic heterocycles. The minimum atomic E-state index is -1.18. The maximum Gasteiger partial charge on any atom is 0.383 e. The van der Waals surface area contributed by atoms with Crippen LogP contribution in [0.2, 0.25) is 0 Å². The van der Waals surface area contributed by atoms with E-state index in [1.54, 1.807) is 0 Å². The van der Waals surface area contributed by atoms with Crippen molar-refractivity contribution in [3.8, 4) is 0 Å². The molecule has 0 rings (SSSR count). The lowest BCUT2D eigenvalue weighted by Crippen LogP contribution is -2.14. The van der Waals surface area contributed by atoms with E-state index in [4.69, 9.17) is 0 Å². The Morgan fingerprint density at radius 3 is 1.50 bits per heavy atom. The molecule has 0 spiro atoms. The minimum absolute atomic E-state index is 0.290. The predicted octanol–water partition coefficient (Wildman–Crippen LogP) is -1.71. The lowest BCUT2D eigenvalue weighted by Gasteiger charge is -1.99. The maximum atomic E-state index is 10.1. The maximum absolute atomic E-state index is 10.1. The molecule has 0 saturated carbocycles. The Kier molecular flexibility index (Phi) is 5.16. The zero-order valence-electron chi connectivity index (χ0n) is 5.86. The molecular formula is C6H4O6. The number of rotatable bonds is 5. The average Bonchev–Trinajstić information content (AvgIpc) is 2.11. The van der Waals surface area contributed by atoms with Crippen molar-refractivity contribution in [1.29, 1.82) is 0 Å². The molecule has 0 aromatic heterocycles. The van der Waals surface area contributed by atoms with Crippen molar-refractivity contribution in [1.82, 2.24) is 0 Å². The summed E-state index contributed by atoms with van der Waals surface area (Å²) in [6, 6.07) is 0. The van der Waals surface area contributed by atoms with E-state index in [2.05, 4.69) is 9.47 Å². The monoisotopic (exact) mass is 172 g/mol. The van der Waals surface area contributed by atoms with Crippen molar-refractivity contribution >= 4 is 24.5 Å². The zero-order chi connectivity index (χ0) is 9.40. The molecular weight excluding hydrogens is 168 g/mol. The molecule has 64 valence electrons. The first kappa shape index (κ1) is 10.3. The molecule has 0 aromatic carbocycles. The van der Waals surface area contributed by atoms with Crippen LogP contribution in [0.4, 0.5) is 0 Å². The smallest absolute Gasteiger partial charge is 0.383 e. The standard InChI is InChI=1S/C6H4O6/c7-3-5(9)11-1-2-12-6(10)4-8/h1-2H2. The third kappa shape index (κ3) is 5.10. The molecule has 6 heteroatoms. The second kappa shape index (κ2) is 6.02. The number of hydrogen-bond acceptors (Lipinski definition) is 6. The van der Waals surface area contributed by atoms with E-state index in [1.807, 2.05) is 0 Å². The fourth-order valence-electron chi connectivity index (χ4n) is 0.328. The Balaban J connectivity index is 3.32. The lowest BCUT2D eigenvalue weighted by molar-refractivity contribution is -0.143. The first-order chi connectivity index (χ1) is 5.70. The molecule has 2 radical (unpaired) electrons. The Bertz CT molecular complexity index is 174. The molecule has 0 heterocycles. The van der Waals surface area contributed by atoms with Crippen LogP contribution in [-0.4, -0.2) is 37.7 Å². The van der Waals surface area contributed by atoms with E-state index in [9.17, 15) is 19.2 Å². The third-order valence-electron chi connectivity index (χ3n) is 0.716. The van der Waals surface area contributed by atoms with E-state index in [1.165, 1.54) is 0 Å². The predicted molar refractivity (Wildman–Crippen MR) is 33.3 cm³/mol.